The van der Waals surface area contributed by atoms with Crippen LogP contribution in [-0.4, -0.2) is 31.9 Å². The number of hydrogen-bond acceptors (Lipinski definition) is 7. The topological polar surface area (TPSA) is 96.5 Å². The van der Waals surface area contributed by atoms with Crippen molar-refractivity contribution in [2.45, 2.75) is 5.22 Å². The molecule has 0 fully saturated rings. The second-order valence-electron chi connectivity index (χ2n) is 4.80. The molecule has 8 heteroatoms. The van der Waals surface area contributed by atoms with Crippen LogP contribution in [0.4, 0.5) is 0 Å². The summed E-state index contributed by atoms with van der Waals surface area (Å²) in [4.78, 5) is 12.1. The van der Waals surface area contributed by atoms with Crippen molar-refractivity contribution < 1.29 is 19.4 Å². The molecular weight excluding hydrogens is 396 g/mol. The average molecular weight is 407 g/mol. The molecule has 0 spiro atoms. The van der Waals surface area contributed by atoms with Crippen LogP contribution >= 0.6 is 27.7 Å². The standard InChI is InChI=1S/C16H11BrN2O4S/c17-11-3-1-2-10(6-11)15-18-19-16(23-15)24-8-14(22)9-4-5-12(20)13(21)7-9/h1-7,20-21H,8H2. The minimum Gasteiger partial charge on any atom is -0.504 e. The van der Waals surface area contributed by atoms with Crippen LogP contribution < -0.4 is 0 Å². The van der Waals surface area contributed by atoms with Crippen LogP contribution in [0, 0.1) is 0 Å². The summed E-state index contributed by atoms with van der Waals surface area (Å²) < 4.78 is 6.43. The lowest BCUT2D eigenvalue weighted by Crippen LogP contribution is -2.01. The number of phenols is 2. The van der Waals surface area contributed by atoms with Crippen molar-refractivity contribution in [2.75, 3.05) is 5.75 Å². The maximum atomic E-state index is 12.1. The van der Waals surface area contributed by atoms with Gasteiger partial charge in [0.2, 0.25) is 5.89 Å². The van der Waals surface area contributed by atoms with Gasteiger partial charge in [-0.05, 0) is 36.4 Å². The van der Waals surface area contributed by atoms with Gasteiger partial charge in [0.05, 0.1) is 5.75 Å². The van der Waals surface area contributed by atoms with Gasteiger partial charge < -0.3 is 14.6 Å². The average Bonchev–Trinajstić information content (AvgIpc) is 3.04. The van der Waals surface area contributed by atoms with E-state index in [4.69, 9.17) is 4.42 Å². The first-order valence-electron chi connectivity index (χ1n) is 6.80. The number of ketones is 1. The fraction of sp³-hybridized carbons (Fsp3) is 0.0625. The molecule has 0 aliphatic rings. The molecule has 0 saturated carbocycles. The van der Waals surface area contributed by atoms with E-state index in [0.29, 0.717) is 11.5 Å². The van der Waals surface area contributed by atoms with Crippen molar-refractivity contribution in [3.05, 3.63) is 52.5 Å². The van der Waals surface area contributed by atoms with Crippen LogP contribution in [0.1, 0.15) is 10.4 Å². The Labute approximate surface area is 149 Å². The zero-order valence-corrected chi connectivity index (χ0v) is 14.5. The molecular formula is C16H11BrN2O4S. The van der Waals surface area contributed by atoms with E-state index in [-0.39, 0.29) is 28.3 Å². The number of thioether (sulfide) groups is 1. The quantitative estimate of drug-likeness (QED) is 0.376. The highest BCUT2D eigenvalue weighted by Gasteiger charge is 2.13. The van der Waals surface area contributed by atoms with E-state index in [2.05, 4.69) is 26.1 Å². The van der Waals surface area contributed by atoms with Crippen molar-refractivity contribution in [1.82, 2.24) is 10.2 Å². The van der Waals surface area contributed by atoms with Gasteiger partial charge in [-0.1, -0.05) is 33.8 Å². The zero-order valence-electron chi connectivity index (χ0n) is 12.1. The molecule has 2 N–H and O–H groups in total. The molecule has 6 nitrogen and oxygen atoms in total. The molecule has 2 aromatic carbocycles. The number of nitrogens with zero attached hydrogens (tertiary/aromatic N) is 2. The zero-order chi connectivity index (χ0) is 17.1. The molecule has 0 amide bonds. The molecule has 24 heavy (non-hydrogen) atoms. The van der Waals surface area contributed by atoms with Gasteiger partial charge in [0.15, 0.2) is 17.3 Å². The number of carbonyl (C=O) groups excluding carboxylic acids is 1. The third-order valence-electron chi connectivity index (χ3n) is 3.10. The van der Waals surface area contributed by atoms with E-state index in [1.165, 1.54) is 18.2 Å². The largest absolute Gasteiger partial charge is 0.504 e. The Balaban J connectivity index is 1.67. The normalized spacial score (nSPS) is 10.7. The van der Waals surface area contributed by atoms with Crippen molar-refractivity contribution in [2.24, 2.45) is 0 Å². The van der Waals surface area contributed by atoms with Crippen LogP contribution in [0.15, 0.2) is 56.6 Å². The number of benzene rings is 2. The summed E-state index contributed by atoms with van der Waals surface area (Å²) in [6.45, 7) is 0. The number of carbonyl (C=O) groups is 1. The molecule has 0 radical (unpaired) electrons. The van der Waals surface area contributed by atoms with Gasteiger partial charge in [-0.15, -0.1) is 10.2 Å². The maximum absolute atomic E-state index is 12.1. The number of halogens is 1. The van der Waals surface area contributed by atoms with Gasteiger partial charge >= 0.3 is 0 Å². The first-order valence-corrected chi connectivity index (χ1v) is 8.58. The maximum Gasteiger partial charge on any atom is 0.277 e. The second kappa shape index (κ2) is 7.06. The third-order valence-corrected chi connectivity index (χ3v) is 4.41. The summed E-state index contributed by atoms with van der Waals surface area (Å²) in [6.07, 6.45) is 0. The molecule has 1 aromatic heterocycles. The van der Waals surface area contributed by atoms with Gasteiger partial charge in [0.25, 0.3) is 5.22 Å². The van der Waals surface area contributed by atoms with Crippen LogP contribution in [0.3, 0.4) is 0 Å². The SMILES string of the molecule is O=C(CSc1nnc(-c2cccc(Br)c2)o1)c1ccc(O)c(O)c1. The van der Waals surface area contributed by atoms with Crippen molar-refractivity contribution >= 4 is 33.5 Å². The first kappa shape index (κ1) is 16.5. The molecule has 3 rings (SSSR count). The van der Waals surface area contributed by atoms with Crippen LogP contribution in [-0.2, 0) is 0 Å². The van der Waals surface area contributed by atoms with Gasteiger partial charge in [-0.3, -0.25) is 4.79 Å². The first-order chi connectivity index (χ1) is 11.5. The molecule has 0 saturated heterocycles. The van der Waals surface area contributed by atoms with Crippen LogP contribution in [0.2, 0.25) is 0 Å². The van der Waals surface area contributed by atoms with E-state index >= 15 is 0 Å². The van der Waals surface area contributed by atoms with Crippen molar-refractivity contribution in [1.29, 1.82) is 0 Å². The Morgan fingerprint density at radius 1 is 1.12 bits per heavy atom. The third kappa shape index (κ3) is 3.77. The molecule has 0 aliphatic carbocycles. The van der Waals surface area contributed by atoms with E-state index < -0.39 is 0 Å². The van der Waals surface area contributed by atoms with Gasteiger partial charge in [-0.25, -0.2) is 0 Å². The van der Waals surface area contributed by atoms with E-state index in [1.807, 2.05) is 24.3 Å². The summed E-state index contributed by atoms with van der Waals surface area (Å²) in [6, 6.07) is 11.4. The summed E-state index contributed by atoms with van der Waals surface area (Å²) in [7, 11) is 0. The summed E-state index contributed by atoms with van der Waals surface area (Å²) >= 11 is 4.48. The lowest BCUT2D eigenvalue weighted by atomic mass is 10.1. The number of rotatable bonds is 5. The molecule has 3 aromatic rings. The predicted molar refractivity (Wildman–Crippen MR) is 92.3 cm³/mol. The van der Waals surface area contributed by atoms with Gasteiger partial charge in [0.1, 0.15) is 0 Å². The molecule has 122 valence electrons. The Hall–Kier alpha value is -2.32. The monoisotopic (exact) mass is 406 g/mol. The van der Waals surface area contributed by atoms with E-state index in [1.54, 1.807) is 0 Å². The highest BCUT2D eigenvalue weighted by Crippen LogP contribution is 2.28. The Bertz CT molecular complexity index is 897. The Morgan fingerprint density at radius 2 is 1.96 bits per heavy atom. The fourth-order valence-electron chi connectivity index (χ4n) is 1.91. The minimum atomic E-state index is -0.333. The molecule has 0 bridgehead atoms. The van der Waals surface area contributed by atoms with E-state index in [0.717, 1.165) is 21.8 Å². The summed E-state index contributed by atoms with van der Waals surface area (Å²) in [5, 5.41) is 26.8. The van der Waals surface area contributed by atoms with Gasteiger partial charge in [-0.2, -0.15) is 0 Å². The molecule has 1 heterocycles. The summed E-state index contributed by atoms with van der Waals surface area (Å²) in [5.74, 6) is -0.383. The Morgan fingerprint density at radius 3 is 2.71 bits per heavy atom. The number of hydrogen-bond donors (Lipinski definition) is 2. The lowest BCUT2D eigenvalue weighted by Gasteiger charge is -2.01. The second-order valence-corrected chi connectivity index (χ2v) is 6.64. The predicted octanol–water partition coefficient (Wildman–Crippen LogP) is 3.89. The van der Waals surface area contributed by atoms with Crippen molar-refractivity contribution in [3.63, 3.8) is 0 Å². The minimum absolute atomic E-state index is 0.0737. The highest BCUT2D eigenvalue weighted by atomic mass is 79.9. The van der Waals surface area contributed by atoms with Gasteiger partial charge in [0, 0.05) is 15.6 Å². The number of aromatic nitrogens is 2. The number of aromatic hydroxyl groups is 2. The fourth-order valence-corrected chi connectivity index (χ4v) is 2.97. The number of Topliss-reactive ketones (excluding diaryl/α,β-unsaturated/α-hetero) is 1. The van der Waals surface area contributed by atoms with Crippen LogP contribution in [0.5, 0.6) is 11.5 Å². The van der Waals surface area contributed by atoms with E-state index in [9.17, 15) is 15.0 Å². The molecule has 0 atom stereocenters. The van der Waals surface area contributed by atoms with Crippen molar-refractivity contribution in [3.8, 4) is 23.0 Å². The summed E-state index contributed by atoms with van der Waals surface area (Å²) in [5.41, 5.74) is 1.07. The molecule has 0 unspecified atom stereocenters. The lowest BCUT2D eigenvalue weighted by molar-refractivity contribution is 0.102. The smallest absolute Gasteiger partial charge is 0.277 e. The number of phenolic OH excluding ortho intramolecular Hbond substituents is 2. The molecule has 0 aliphatic heterocycles. The van der Waals surface area contributed by atoms with Crippen LogP contribution in [0.25, 0.3) is 11.5 Å². The Kier molecular flexibility index (Phi) is 4.86. The highest BCUT2D eigenvalue weighted by molar-refractivity contribution is 9.10.